The van der Waals surface area contributed by atoms with Crippen molar-refractivity contribution < 1.29 is 18.7 Å². The zero-order valence-electron chi connectivity index (χ0n) is 24.2. The van der Waals surface area contributed by atoms with E-state index >= 15 is 4.39 Å². The number of alkyl halides is 1. The number of amides is 1. The zero-order valence-corrected chi connectivity index (χ0v) is 24.2. The molecule has 1 spiro atoms. The standard InChI is InChI=1S/C32H38FN6O3/c1-3-27(40)39-16-15-38(19-22(39)11-13-34)30-25-10-12-32(17-21-7-4-5-9-24(21)26(33)18-32)29(41)28(25)35-31(36-30)42-20-23-8-6-14-37(23)2/h3-5,7,9,21-23,26H,1,6,8,10-12,14-20H2,2H3. The molecule has 9 nitrogen and oxygen atoms in total. The Morgan fingerprint density at radius 2 is 2.12 bits per heavy atom. The zero-order chi connectivity index (χ0) is 29.4. The van der Waals surface area contributed by atoms with Gasteiger partial charge in [0, 0.05) is 42.6 Å². The van der Waals surface area contributed by atoms with Gasteiger partial charge in [-0.1, -0.05) is 30.9 Å². The van der Waals surface area contributed by atoms with Gasteiger partial charge in [-0.3, -0.25) is 9.59 Å². The molecule has 0 bridgehead atoms. The minimum atomic E-state index is -1.17. The molecule has 6 rings (SSSR count). The van der Waals surface area contributed by atoms with Crippen LogP contribution in [-0.2, 0) is 11.2 Å². The third-order valence-electron chi connectivity index (χ3n) is 9.87. The summed E-state index contributed by atoms with van der Waals surface area (Å²) in [5.74, 6) is 0.940. The second-order valence-corrected chi connectivity index (χ2v) is 12.3. The molecule has 0 N–H and O–H groups in total. The van der Waals surface area contributed by atoms with Crippen molar-refractivity contribution >= 4 is 17.5 Å². The van der Waals surface area contributed by atoms with E-state index in [0.29, 0.717) is 57.0 Å². The van der Waals surface area contributed by atoms with Crippen molar-refractivity contribution in [3.8, 4) is 12.1 Å². The summed E-state index contributed by atoms with van der Waals surface area (Å²) in [4.78, 5) is 42.4. The Bertz CT molecular complexity index is 1360. The Kier molecular flexibility index (Phi) is 7.88. The van der Waals surface area contributed by atoms with Crippen LogP contribution in [0.2, 0.25) is 0 Å². The van der Waals surface area contributed by atoms with Crippen LogP contribution < -0.4 is 9.64 Å². The molecule has 221 valence electrons. The number of likely N-dealkylation sites (N-methyl/N-ethyl adjacent to an activating group) is 1. The largest absolute Gasteiger partial charge is 0.462 e. The maximum absolute atomic E-state index is 15.5. The summed E-state index contributed by atoms with van der Waals surface area (Å²) in [6.45, 7) is 6.32. The molecule has 1 saturated carbocycles. The number of nitriles is 1. The van der Waals surface area contributed by atoms with Crippen LogP contribution in [0.25, 0.3) is 0 Å². The van der Waals surface area contributed by atoms with Crippen molar-refractivity contribution in [1.82, 2.24) is 19.8 Å². The van der Waals surface area contributed by atoms with E-state index in [-0.39, 0.29) is 48.5 Å². The summed E-state index contributed by atoms with van der Waals surface area (Å²) in [5, 5.41) is 9.49. The van der Waals surface area contributed by atoms with Gasteiger partial charge >= 0.3 is 6.01 Å². The highest BCUT2D eigenvalue weighted by molar-refractivity contribution is 6.02. The fourth-order valence-corrected chi connectivity index (χ4v) is 7.50. The van der Waals surface area contributed by atoms with E-state index in [1.54, 1.807) is 4.90 Å². The number of aromatic nitrogens is 2. The smallest absolute Gasteiger partial charge is 0.319 e. The van der Waals surface area contributed by atoms with Crippen LogP contribution in [-0.4, -0.2) is 89.5 Å². The number of allylic oxidation sites excluding steroid dienone is 4. The van der Waals surface area contributed by atoms with E-state index in [1.807, 2.05) is 24.3 Å². The Morgan fingerprint density at radius 3 is 2.88 bits per heavy atom. The average molecular weight is 574 g/mol. The molecule has 2 aliphatic heterocycles. The van der Waals surface area contributed by atoms with E-state index in [4.69, 9.17) is 14.7 Å². The number of carbonyl (C=O) groups is 2. The fraction of sp³-hybridized carbons (Fsp3) is 0.562. The molecule has 5 aliphatic rings. The normalized spacial score (nSPS) is 31.1. The number of nitrogens with zero attached hydrogens (tertiary/aromatic N) is 6. The first-order valence-corrected chi connectivity index (χ1v) is 15.0. The summed E-state index contributed by atoms with van der Waals surface area (Å²) in [6, 6.07) is 2.26. The molecule has 1 radical (unpaired) electrons. The van der Waals surface area contributed by atoms with Gasteiger partial charge in [-0.25, -0.2) is 4.39 Å². The fourth-order valence-electron chi connectivity index (χ4n) is 7.50. The predicted octanol–water partition coefficient (Wildman–Crippen LogP) is 3.63. The Labute approximate surface area is 246 Å². The molecule has 3 heterocycles. The topological polar surface area (TPSA) is 103 Å². The van der Waals surface area contributed by atoms with Crippen LogP contribution in [0.5, 0.6) is 6.01 Å². The van der Waals surface area contributed by atoms with Crippen molar-refractivity contribution in [3.63, 3.8) is 0 Å². The molecule has 42 heavy (non-hydrogen) atoms. The number of hydrogen-bond donors (Lipinski definition) is 0. The highest BCUT2D eigenvalue weighted by Gasteiger charge is 2.53. The lowest BCUT2D eigenvalue weighted by molar-refractivity contribution is -0.128. The molecule has 3 aliphatic carbocycles. The van der Waals surface area contributed by atoms with Gasteiger partial charge in [0.1, 0.15) is 24.3 Å². The first-order chi connectivity index (χ1) is 20.3. The predicted molar refractivity (Wildman–Crippen MR) is 156 cm³/mol. The average Bonchev–Trinajstić information content (AvgIpc) is 3.42. The highest BCUT2D eigenvalue weighted by Crippen LogP contribution is 2.53. The van der Waals surface area contributed by atoms with Gasteiger partial charge in [0.05, 0.1) is 18.5 Å². The quantitative estimate of drug-likeness (QED) is 0.476. The summed E-state index contributed by atoms with van der Waals surface area (Å²) >= 11 is 0. The van der Waals surface area contributed by atoms with Crippen LogP contribution in [0, 0.1) is 28.6 Å². The third-order valence-corrected chi connectivity index (χ3v) is 9.87. The number of hydrogen-bond acceptors (Lipinski definition) is 8. The van der Waals surface area contributed by atoms with Gasteiger partial charge in [-0.05, 0) is 64.1 Å². The number of ether oxygens (including phenoxy) is 1. The summed E-state index contributed by atoms with van der Waals surface area (Å²) in [5.41, 5.74) is 0.246. The molecular weight excluding hydrogens is 535 g/mol. The lowest BCUT2D eigenvalue weighted by atomic mass is 9.57. The number of carbonyl (C=O) groups excluding carboxylic acids is 2. The summed E-state index contributed by atoms with van der Waals surface area (Å²) in [7, 11) is 2.07. The van der Waals surface area contributed by atoms with Gasteiger partial charge < -0.3 is 19.4 Å². The van der Waals surface area contributed by atoms with Gasteiger partial charge in [-0.15, -0.1) is 0 Å². The lowest BCUT2D eigenvalue weighted by Gasteiger charge is -2.47. The van der Waals surface area contributed by atoms with Crippen LogP contribution in [0.1, 0.15) is 54.6 Å². The maximum Gasteiger partial charge on any atom is 0.319 e. The van der Waals surface area contributed by atoms with Crippen molar-refractivity contribution in [2.75, 3.05) is 44.7 Å². The molecule has 2 saturated heterocycles. The first kappa shape index (κ1) is 28.5. The van der Waals surface area contributed by atoms with Crippen molar-refractivity contribution in [3.05, 3.63) is 54.1 Å². The Hall–Kier alpha value is -3.58. The number of likely N-dealkylation sites (tertiary alicyclic amines) is 1. The minimum absolute atomic E-state index is 0.0959. The molecule has 1 amide bonds. The number of ketones is 1. The first-order valence-electron chi connectivity index (χ1n) is 15.0. The second kappa shape index (κ2) is 11.6. The Balaban J connectivity index is 1.34. The van der Waals surface area contributed by atoms with Gasteiger partial charge in [0.2, 0.25) is 5.91 Å². The molecule has 1 aromatic rings. The van der Waals surface area contributed by atoms with Crippen molar-refractivity contribution in [2.24, 2.45) is 11.3 Å². The van der Waals surface area contributed by atoms with E-state index in [1.165, 1.54) is 6.08 Å². The number of anilines is 1. The van der Waals surface area contributed by atoms with Gasteiger partial charge in [0.25, 0.3) is 0 Å². The molecule has 3 fully saturated rings. The molecule has 10 heteroatoms. The minimum Gasteiger partial charge on any atom is -0.462 e. The maximum atomic E-state index is 15.5. The molecule has 5 unspecified atom stereocenters. The highest BCUT2D eigenvalue weighted by atomic mass is 19.1. The van der Waals surface area contributed by atoms with E-state index in [9.17, 15) is 14.9 Å². The third kappa shape index (κ3) is 5.13. The summed E-state index contributed by atoms with van der Waals surface area (Å²) < 4.78 is 21.7. The molecule has 0 aromatic carbocycles. The van der Waals surface area contributed by atoms with Crippen LogP contribution in [0.15, 0.2) is 37.0 Å². The van der Waals surface area contributed by atoms with E-state index in [0.717, 1.165) is 30.9 Å². The number of Topliss-reactive ketones (excluding diaryl/α,β-unsaturated/α-hetero) is 1. The Morgan fingerprint density at radius 1 is 1.26 bits per heavy atom. The molecular formula is C32H38FN6O3. The second-order valence-electron chi connectivity index (χ2n) is 12.3. The van der Waals surface area contributed by atoms with Gasteiger partial charge in [-0.2, -0.15) is 15.2 Å². The van der Waals surface area contributed by atoms with Crippen LogP contribution >= 0.6 is 0 Å². The van der Waals surface area contributed by atoms with Crippen molar-refractivity contribution in [1.29, 1.82) is 5.26 Å². The number of halogens is 1. The lowest BCUT2D eigenvalue weighted by Crippen LogP contribution is -2.55. The van der Waals surface area contributed by atoms with Crippen LogP contribution in [0.3, 0.4) is 0 Å². The number of piperazine rings is 1. The van der Waals surface area contributed by atoms with Crippen molar-refractivity contribution in [2.45, 2.75) is 63.2 Å². The monoisotopic (exact) mass is 573 g/mol. The summed E-state index contributed by atoms with van der Waals surface area (Å²) in [6.07, 6.45) is 11.8. The molecule has 1 aromatic heterocycles. The van der Waals surface area contributed by atoms with Gasteiger partial charge in [0.15, 0.2) is 5.78 Å². The van der Waals surface area contributed by atoms with E-state index in [2.05, 4.69) is 29.5 Å². The van der Waals surface area contributed by atoms with Crippen LogP contribution in [0.4, 0.5) is 10.2 Å². The van der Waals surface area contributed by atoms with E-state index < -0.39 is 11.6 Å². The SMILES string of the molecule is C=CC(=O)N1CCN(c2nc(OCC3CCCN3C)nc3c2CCC2(CC(F)[C]4C=CC=CC4C2)C3=O)CC1CC#N. The number of fused-ring (bicyclic) bond motifs is 2. The number of rotatable bonds is 6. The molecule has 5 atom stereocenters.